The molecule has 1 aliphatic rings. The molecule has 0 aromatic heterocycles. The Balaban J connectivity index is 1.80. The van der Waals surface area contributed by atoms with Crippen molar-refractivity contribution in [3.05, 3.63) is 70.8 Å². The molecule has 0 aliphatic carbocycles. The summed E-state index contributed by atoms with van der Waals surface area (Å²) in [4.78, 5) is 14.5. The van der Waals surface area contributed by atoms with Crippen LogP contribution in [0.25, 0.3) is 0 Å². The van der Waals surface area contributed by atoms with Gasteiger partial charge >= 0.3 is 0 Å². The van der Waals surface area contributed by atoms with E-state index in [-0.39, 0.29) is 23.5 Å². The van der Waals surface area contributed by atoms with Gasteiger partial charge in [0.15, 0.2) is 0 Å². The number of nitrogens with zero attached hydrogens (tertiary/aromatic N) is 1. The van der Waals surface area contributed by atoms with Crippen molar-refractivity contribution in [1.82, 2.24) is 4.90 Å². The molecular weight excluding hydrogens is 308 g/mol. The van der Waals surface area contributed by atoms with Crippen molar-refractivity contribution in [2.24, 2.45) is 0 Å². The zero-order chi connectivity index (χ0) is 17.1. The van der Waals surface area contributed by atoms with Crippen LogP contribution in [0.4, 0.5) is 8.78 Å². The molecule has 24 heavy (non-hydrogen) atoms. The molecule has 1 atom stereocenters. The van der Waals surface area contributed by atoms with Crippen molar-refractivity contribution in [3.8, 4) is 0 Å². The summed E-state index contributed by atoms with van der Waals surface area (Å²) < 4.78 is 26.9. The van der Waals surface area contributed by atoms with Crippen molar-refractivity contribution < 1.29 is 13.6 Å². The van der Waals surface area contributed by atoms with E-state index in [1.165, 1.54) is 18.2 Å². The number of benzene rings is 2. The first-order valence-corrected chi connectivity index (χ1v) is 8.35. The summed E-state index contributed by atoms with van der Waals surface area (Å²) in [6.45, 7) is 2.94. The van der Waals surface area contributed by atoms with Crippen LogP contribution in [0.3, 0.4) is 0 Å². The van der Waals surface area contributed by atoms with E-state index < -0.39 is 0 Å². The number of halogens is 2. The normalized spacial score (nSPS) is 18.3. The van der Waals surface area contributed by atoms with E-state index in [2.05, 4.69) is 0 Å². The fourth-order valence-electron chi connectivity index (χ4n) is 3.24. The molecule has 0 spiro atoms. The number of carbonyl (C=O) groups excluding carboxylic acids is 1. The van der Waals surface area contributed by atoms with Gasteiger partial charge in [0.2, 0.25) is 0 Å². The van der Waals surface area contributed by atoms with Gasteiger partial charge in [-0.25, -0.2) is 8.78 Å². The Morgan fingerprint density at radius 3 is 2.54 bits per heavy atom. The Morgan fingerprint density at radius 1 is 1.08 bits per heavy atom. The minimum absolute atomic E-state index is 0.136. The van der Waals surface area contributed by atoms with Gasteiger partial charge in [-0.1, -0.05) is 24.6 Å². The number of carbonyl (C=O) groups is 1. The Morgan fingerprint density at radius 2 is 1.83 bits per heavy atom. The lowest BCUT2D eigenvalue weighted by molar-refractivity contribution is 0.0754. The molecule has 1 amide bonds. The summed E-state index contributed by atoms with van der Waals surface area (Å²) in [5, 5.41) is 0. The predicted molar refractivity (Wildman–Crippen MR) is 90.0 cm³/mol. The SMILES string of the molecule is Cc1ccc(C(=O)N2CCCCC(c3ccc(F)cc3)C2)cc1F. The number of amides is 1. The van der Waals surface area contributed by atoms with Crippen molar-refractivity contribution in [2.45, 2.75) is 32.1 Å². The highest BCUT2D eigenvalue weighted by Gasteiger charge is 2.24. The molecule has 0 N–H and O–H groups in total. The molecule has 1 heterocycles. The number of hydrogen-bond acceptors (Lipinski definition) is 1. The second kappa shape index (κ2) is 7.12. The number of hydrogen-bond donors (Lipinski definition) is 0. The Kier molecular flexibility index (Phi) is 4.93. The maximum atomic E-state index is 13.8. The van der Waals surface area contributed by atoms with Gasteiger partial charge < -0.3 is 4.90 Å². The van der Waals surface area contributed by atoms with Gasteiger partial charge in [0, 0.05) is 24.6 Å². The van der Waals surface area contributed by atoms with Crippen LogP contribution in [0.5, 0.6) is 0 Å². The van der Waals surface area contributed by atoms with Crippen LogP contribution >= 0.6 is 0 Å². The molecule has 2 aromatic rings. The Labute approximate surface area is 141 Å². The lowest BCUT2D eigenvalue weighted by Gasteiger charge is -2.25. The van der Waals surface area contributed by atoms with Gasteiger partial charge in [-0.2, -0.15) is 0 Å². The number of likely N-dealkylation sites (tertiary alicyclic amines) is 1. The Bertz CT molecular complexity index is 727. The average Bonchev–Trinajstić information content (AvgIpc) is 2.83. The van der Waals surface area contributed by atoms with E-state index in [9.17, 15) is 13.6 Å². The highest BCUT2D eigenvalue weighted by molar-refractivity contribution is 5.94. The monoisotopic (exact) mass is 329 g/mol. The van der Waals surface area contributed by atoms with Crippen LogP contribution in [0.15, 0.2) is 42.5 Å². The largest absolute Gasteiger partial charge is 0.338 e. The van der Waals surface area contributed by atoms with E-state index in [1.54, 1.807) is 36.1 Å². The standard InChI is InChI=1S/C20H21F2NO/c1-14-5-6-16(12-19(14)22)20(24)23-11-3-2-4-17(13-23)15-7-9-18(21)10-8-15/h5-10,12,17H,2-4,11,13H2,1H3. The molecule has 1 fully saturated rings. The van der Waals surface area contributed by atoms with Gasteiger partial charge in [-0.3, -0.25) is 4.79 Å². The molecule has 2 aromatic carbocycles. The van der Waals surface area contributed by atoms with Crippen LogP contribution in [0, 0.1) is 18.6 Å². The molecule has 1 saturated heterocycles. The highest BCUT2D eigenvalue weighted by Crippen LogP contribution is 2.27. The summed E-state index contributed by atoms with van der Waals surface area (Å²) in [6, 6.07) is 11.1. The van der Waals surface area contributed by atoms with Gasteiger partial charge in [0.25, 0.3) is 5.91 Å². The second-order valence-corrected chi connectivity index (χ2v) is 6.46. The molecular formula is C20H21F2NO. The van der Waals surface area contributed by atoms with E-state index in [0.29, 0.717) is 24.2 Å². The van der Waals surface area contributed by atoms with E-state index >= 15 is 0 Å². The molecule has 1 aliphatic heterocycles. The molecule has 0 saturated carbocycles. The lowest BCUT2D eigenvalue weighted by Crippen LogP contribution is -2.34. The fraction of sp³-hybridized carbons (Fsp3) is 0.350. The zero-order valence-electron chi connectivity index (χ0n) is 13.8. The van der Waals surface area contributed by atoms with Gasteiger partial charge in [0.1, 0.15) is 11.6 Å². The van der Waals surface area contributed by atoms with Crippen molar-refractivity contribution >= 4 is 5.91 Å². The minimum Gasteiger partial charge on any atom is -0.338 e. The maximum absolute atomic E-state index is 13.8. The predicted octanol–water partition coefficient (Wildman–Crippen LogP) is 4.68. The topological polar surface area (TPSA) is 20.3 Å². The third kappa shape index (κ3) is 3.64. The van der Waals surface area contributed by atoms with E-state index in [0.717, 1.165) is 24.8 Å². The summed E-state index contributed by atoms with van der Waals surface area (Å²) in [5.74, 6) is -0.559. The third-order valence-corrected chi connectivity index (χ3v) is 4.72. The maximum Gasteiger partial charge on any atom is 0.253 e. The smallest absolute Gasteiger partial charge is 0.253 e. The van der Waals surface area contributed by atoms with Crippen LogP contribution in [0.1, 0.15) is 46.7 Å². The molecule has 1 unspecified atom stereocenters. The second-order valence-electron chi connectivity index (χ2n) is 6.46. The zero-order valence-corrected chi connectivity index (χ0v) is 13.8. The van der Waals surface area contributed by atoms with Crippen LogP contribution in [0.2, 0.25) is 0 Å². The van der Waals surface area contributed by atoms with Gasteiger partial charge in [0.05, 0.1) is 0 Å². The third-order valence-electron chi connectivity index (χ3n) is 4.72. The first-order valence-electron chi connectivity index (χ1n) is 8.35. The van der Waals surface area contributed by atoms with E-state index in [1.807, 2.05) is 0 Å². The quantitative estimate of drug-likeness (QED) is 0.783. The Hall–Kier alpha value is -2.23. The molecule has 2 nitrogen and oxygen atoms in total. The van der Waals surface area contributed by atoms with Crippen LogP contribution in [-0.4, -0.2) is 23.9 Å². The summed E-state index contributed by atoms with van der Waals surface area (Å²) >= 11 is 0. The van der Waals surface area contributed by atoms with Crippen molar-refractivity contribution in [3.63, 3.8) is 0 Å². The minimum atomic E-state index is -0.356. The number of rotatable bonds is 2. The average molecular weight is 329 g/mol. The first-order chi connectivity index (χ1) is 11.5. The number of aryl methyl sites for hydroxylation is 1. The van der Waals surface area contributed by atoms with Crippen molar-refractivity contribution in [1.29, 1.82) is 0 Å². The molecule has 3 rings (SSSR count). The van der Waals surface area contributed by atoms with Crippen LogP contribution < -0.4 is 0 Å². The summed E-state index contributed by atoms with van der Waals surface area (Å²) in [7, 11) is 0. The molecule has 0 radical (unpaired) electrons. The fourth-order valence-corrected chi connectivity index (χ4v) is 3.24. The van der Waals surface area contributed by atoms with Crippen LogP contribution in [-0.2, 0) is 0 Å². The molecule has 0 bridgehead atoms. The molecule has 126 valence electrons. The first kappa shape index (κ1) is 16.6. The van der Waals surface area contributed by atoms with Gasteiger partial charge in [-0.05, 0) is 55.2 Å². The lowest BCUT2D eigenvalue weighted by atomic mass is 9.94. The summed E-state index contributed by atoms with van der Waals surface area (Å²) in [5.41, 5.74) is 1.97. The highest BCUT2D eigenvalue weighted by atomic mass is 19.1. The summed E-state index contributed by atoms with van der Waals surface area (Å²) in [6.07, 6.45) is 2.92. The molecule has 4 heteroatoms. The van der Waals surface area contributed by atoms with E-state index in [4.69, 9.17) is 0 Å². The van der Waals surface area contributed by atoms with Crippen molar-refractivity contribution in [2.75, 3.05) is 13.1 Å². The van der Waals surface area contributed by atoms with Gasteiger partial charge in [-0.15, -0.1) is 0 Å².